The van der Waals surface area contributed by atoms with E-state index >= 15 is 4.39 Å². The van der Waals surface area contributed by atoms with Crippen LogP contribution in [0.3, 0.4) is 0 Å². The van der Waals surface area contributed by atoms with Gasteiger partial charge in [0.05, 0.1) is 31.9 Å². The first-order chi connectivity index (χ1) is 20.5. The molecule has 1 aliphatic heterocycles. The predicted molar refractivity (Wildman–Crippen MR) is 158 cm³/mol. The van der Waals surface area contributed by atoms with Crippen molar-refractivity contribution in [1.82, 2.24) is 15.3 Å². The average Bonchev–Trinajstić information content (AvgIpc) is 3.50. The van der Waals surface area contributed by atoms with Crippen molar-refractivity contribution in [3.8, 4) is 28.7 Å². The Bertz CT molecular complexity index is 1570. The Labute approximate surface area is 243 Å². The van der Waals surface area contributed by atoms with Crippen molar-refractivity contribution in [3.63, 3.8) is 0 Å². The second-order valence-electron chi connectivity index (χ2n) is 10.0. The fourth-order valence-electron chi connectivity index (χ4n) is 4.83. The molecule has 0 aliphatic carbocycles. The van der Waals surface area contributed by atoms with Crippen LogP contribution in [0.15, 0.2) is 72.0 Å². The number of nitrogens with zero attached hydrogens (tertiary/aromatic N) is 3. The van der Waals surface area contributed by atoms with E-state index in [1.165, 1.54) is 43.3 Å². The first-order valence-corrected chi connectivity index (χ1v) is 13.9. The van der Waals surface area contributed by atoms with Gasteiger partial charge in [-0.15, -0.1) is 0 Å². The van der Waals surface area contributed by atoms with Crippen LogP contribution >= 0.6 is 0 Å². The summed E-state index contributed by atoms with van der Waals surface area (Å²) in [6.45, 7) is 3.88. The number of aromatic hydroxyl groups is 1. The van der Waals surface area contributed by atoms with Gasteiger partial charge in [-0.1, -0.05) is 18.2 Å². The fraction of sp³-hybridized carbons (Fsp3) is 0.281. The zero-order valence-corrected chi connectivity index (χ0v) is 23.4. The third-order valence-corrected chi connectivity index (χ3v) is 6.92. The number of halogens is 1. The molecule has 0 unspecified atom stereocenters. The number of carbonyl (C=O) groups is 1. The summed E-state index contributed by atoms with van der Waals surface area (Å²) >= 11 is 0. The lowest BCUT2D eigenvalue weighted by molar-refractivity contribution is -0.120. The molecule has 2 N–H and O–H groups in total. The molecule has 1 fully saturated rings. The van der Waals surface area contributed by atoms with Crippen molar-refractivity contribution < 1.29 is 28.5 Å². The Hall–Kier alpha value is -4.70. The number of ether oxygens (including phenoxy) is 3. The van der Waals surface area contributed by atoms with Gasteiger partial charge in [0.15, 0.2) is 23.1 Å². The number of phenols is 1. The van der Waals surface area contributed by atoms with Crippen LogP contribution in [-0.4, -0.2) is 60.5 Å². The first-order valence-electron chi connectivity index (χ1n) is 13.9. The Morgan fingerprint density at radius 2 is 1.93 bits per heavy atom. The van der Waals surface area contributed by atoms with Crippen molar-refractivity contribution in [3.05, 3.63) is 83.8 Å². The van der Waals surface area contributed by atoms with Gasteiger partial charge >= 0.3 is 0 Å². The molecule has 2 heterocycles. The molecule has 5 rings (SSSR count). The number of likely N-dealkylation sites (tertiary alicyclic amines) is 1. The first kappa shape index (κ1) is 28.8. The van der Waals surface area contributed by atoms with Crippen LogP contribution in [-0.2, 0) is 11.2 Å². The molecule has 1 amide bonds. The van der Waals surface area contributed by atoms with E-state index in [-0.39, 0.29) is 17.9 Å². The number of fused-ring (bicyclic) bond motifs is 1. The highest BCUT2D eigenvalue weighted by molar-refractivity contribution is 5.88. The summed E-state index contributed by atoms with van der Waals surface area (Å²) < 4.78 is 32.6. The minimum atomic E-state index is -0.613. The third kappa shape index (κ3) is 7.52. The van der Waals surface area contributed by atoms with Crippen LogP contribution in [0.25, 0.3) is 10.9 Å². The number of amides is 1. The van der Waals surface area contributed by atoms with Gasteiger partial charge in [0.1, 0.15) is 11.5 Å². The molecule has 0 atom stereocenters. The van der Waals surface area contributed by atoms with Gasteiger partial charge in [0.2, 0.25) is 5.91 Å². The quantitative estimate of drug-likeness (QED) is 0.132. The van der Waals surface area contributed by atoms with Crippen molar-refractivity contribution >= 4 is 23.0 Å². The fourth-order valence-corrected chi connectivity index (χ4v) is 4.83. The summed E-state index contributed by atoms with van der Waals surface area (Å²) in [4.78, 5) is 19.2. The molecule has 1 aliphatic rings. The van der Waals surface area contributed by atoms with Crippen LogP contribution in [0.5, 0.6) is 28.7 Å². The highest BCUT2D eigenvalue weighted by Gasteiger charge is 2.15. The van der Waals surface area contributed by atoms with Gasteiger partial charge in [0, 0.05) is 24.2 Å². The lowest BCUT2D eigenvalue weighted by Gasteiger charge is -2.16. The molecule has 42 heavy (non-hydrogen) atoms. The topological polar surface area (TPSA) is 106 Å². The molecule has 4 aromatic rings. The van der Waals surface area contributed by atoms with Crippen LogP contribution in [0.4, 0.5) is 4.39 Å². The number of rotatable bonds is 12. The van der Waals surface area contributed by atoms with Crippen LogP contribution < -0.4 is 19.6 Å². The number of benzene rings is 3. The lowest BCUT2D eigenvalue weighted by atomic mass is 10.1. The Balaban J connectivity index is 1.22. The monoisotopic (exact) mass is 572 g/mol. The number of methoxy groups -OCH3 is 1. The lowest BCUT2D eigenvalue weighted by Crippen LogP contribution is -2.21. The summed E-state index contributed by atoms with van der Waals surface area (Å²) in [7, 11) is 1.57. The van der Waals surface area contributed by atoms with Gasteiger partial charge in [-0.05, 0) is 79.9 Å². The largest absolute Gasteiger partial charge is 0.508 e. The summed E-state index contributed by atoms with van der Waals surface area (Å²) in [5, 5.41) is 14.0. The van der Waals surface area contributed by atoms with Crippen LogP contribution in [0.1, 0.15) is 30.4 Å². The zero-order valence-electron chi connectivity index (χ0n) is 23.4. The molecule has 3 aromatic carbocycles. The van der Waals surface area contributed by atoms with E-state index in [1.54, 1.807) is 49.7 Å². The van der Waals surface area contributed by atoms with Gasteiger partial charge < -0.3 is 24.2 Å². The maximum Gasteiger partial charge on any atom is 0.244 e. The number of hydrazone groups is 1. The number of phenolic OH excluding ortho intramolecular Hbond substituents is 1. The second-order valence-corrected chi connectivity index (χ2v) is 10.0. The molecular formula is C32H33FN4O5. The van der Waals surface area contributed by atoms with Crippen LogP contribution in [0, 0.1) is 5.82 Å². The molecule has 1 saturated heterocycles. The summed E-state index contributed by atoms with van der Waals surface area (Å²) in [6, 6.07) is 16.0. The molecule has 0 bridgehead atoms. The summed E-state index contributed by atoms with van der Waals surface area (Å²) in [6.07, 6.45) is 6.37. The Morgan fingerprint density at radius 1 is 1.07 bits per heavy atom. The zero-order chi connectivity index (χ0) is 29.3. The van der Waals surface area contributed by atoms with Crippen molar-refractivity contribution in [2.75, 3.05) is 33.4 Å². The van der Waals surface area contributed by atoms with Gasteiger partial charge in [-0.2, -0.15) is 5.10 Å². The molecule has 10 heteroatoms. The van der Waals surface area contributed by atoms with E-state index in [9.17, 15) is 9.90 Å². The SMILES string of the molecule is COc1cc2c(Oc3ccc(CC(=O)N/N=C/c4cccc(O)c4)cc3F)ccnc2cc1OCCCN1CCCC1. The van der Waals surface area contributed by atoms with E-state index in [1.807, 2.05) is 0 Å². The minimum absolute atomic E-state index is 0.00905. The van der Waals surface area contributed by atoms with E-state index in [2.05, 4.69) is 20.4 Å². The van der Waals surface area contributed by atoms with E-state index in [4.69, 9.17) is 14.2 Å². The van der Waals surface area contributed by atoms with E-state index in [0.29, 0.717) is 45.9 Å². The predicted octanol–water partition coefficient (Wildman–Crippen LogP) is 5.44. The highest BCUT2D eigenvalue weighted by Crippen LogP contribution is 2.37. The maximum atomic E-state index is 15.0. The second kappa shape index (κ2) is 13.8. The molecule has 0 saturated carbocycles. The van der Waals surface area contributed by atoms with Crippen molar-refractivity contribution in [2.24, 2.45) is 5.10 Å². The molecule has 1 aromatic heterocycles. The number of aromatic nitrogens is 1. The van der Waals surface area contributed by atoms with Gasteiger partial charge in [0.25, 0.3) is 0 Å². The van der Waals surface area contributed by atoms with E-state index in [0.717, 1.165) is 26.1 Å². The van der Waals surface area contributed by atoms with Gasteiger partial charge in [-0.3, -0.25) is 9.78 Å². The smallest absolute Gasteiger partial charge is 0.244 e. The van der Waals surface area contributed by atoms with Crippen LogP contribution in [0.2, 0.25) is 0 Å². The van der Waals surface area contributed by atoms with Gasteiger partial charge in [-0.25, -0.2) is 9.82 Å². The summed E-state index contributed by atoms with van der Waals surface area (Å²) in [5.41, 5.74) is 4.11. The third-order valence-electron chi connectivity index (χ3n) is 6.92. The number of hydrogen-bond acceptors (Lipinski definition) is 8. The van der Waals surface area contributed by atoms with E-state index < -0.39 is 11.7 Å². The number of nitrogens with one attached hydrogen (secondary N) is 1. The average molecular weight is 573 g/mol. The molecule has 218 valence electrons. The number of hydrogen-bond donors (Lipinski definition) is 2. The Kier molecular flexibility index (Phi) is 9.45. The highest BCUT2D eigenvalue weighted by atomic mass is 19.1. The molecule has 0 radical (unpaired) electrons. The maximum absolute atomic E-state index is 15.0. The van der Waals surface area contributed by atoms with Crippen molar-refractivity contribution in [2.45, 2.75) is 25.7 Å². The number of pyridine rings is 1. The summed E-state index contributed by atoms with van der Waals surface area (Å²) in [5.74, 6) is 0.615. The van der Waals surface area contributed by atoms with Crippen molar-refractivity contribution in [1.29, 1.82) is 0 Å². The normalized spacial score (nSPS) is 13.5. The molecular weight excluding hydrogens is 539 g/mol. The minimum Gasteiger partial charge on any atom is -0.508 e. The standard InChI is InChI=1S/C32H33FN4O5/c1-40-30-19-25-27(20-31(30)41-15-5-14-37-12-2-3-13-37)34-11-10-28(25)42-29-9-8-22(17-26(29)33)18-32(39)36-35-21-23-6-4-7-24(38)16-23/h4,6-11,16-17,19-21,38H,2-3,5,12-15,18H2,1H3,(H,36,39)/b35-21+. The number of carbonyl (C=O) groups excluding carboxylic acids is 1. The molecule has 9 nitrogen and oxygen atoms in total. The molecule has 0 spiro atoms. The Morgan fingerprint density at radius 3 is 2.71 bits per heavy atom.